The Morgan fingerprint density at radius 2 is 1.68 bits per heavy atom. The molecule has 6 nitrogen and oxygen atoms in total. The number of sulfonamides is 1. The van der Waals surface area contributed by atoms with Crippen molar-refractivity contribution in [1.29, 1.82) is 0 Å². The molecular weight excluding hydrogens is 376 g/mol. The second kappa shape index (κ2) is 8.75. The van der Waals surface area contributed by atoms with Gasteiger partial charge in [-0.05, 0) is 36.6 Å². The van der Waals surface area contributed by atoms with E-state index in [1.54, 1.807) is 4.90 Å². The predicted molar refractivity (Wildman–Crippen MR) is 109 cm³/mol. The molecule has 0 N–H and O–H groups in total. The van der Waals surface area contributed by atoms with Gasteiger partial charge in [-0.3, -0.25) is 4.79 Å². The molecule has 1 fully saturated rings. The lowest BCUT2D eigenvalue weighted by Gasteiger charge is -2.34. The van der Waals surface area contributed by atoms with Crippen LogP contribution >= 0.6 is 0 Å². The van der Waals surface area contributed by atoms with Gasteiger partial charge in [-0.2, -0.15) is 4.31 Å². The minimum atomic E-state index is -3.39. The molecule has 1 saturated heterocycles. The summed E-state index contributed by atoms with van der Waals surface area (Å²) >= 11 is 0. The molecule has 1 amide bonds. The fraction of sp³-hybridized carbons (Fsp3) is 0.381. The lowest BCUT2D eigenvalue weighted by Crippen LogP contribution is -2.51. The molecule has 1 aliphatic rings. The highest BCUT2D eigenvalue weighted by atomic mass is 32.2. The first-order valence-electron chi connectivity index (χ1n) is 9.35. The first-order valence-corrected chi connectivity index (χ1v) is 11.0. The summed E-state index contributed by atoms with van der Waals surface area (Å²) in [4.78, 5) is 14.1. The van der Waals surface area contributed by atoms with Crippen LogP contribution in [0.15, 0.2) is 48.5 Å². The van der Waals surface area contributed by atoms with Crippen molar-refractivity contribution in [2.75, 3.05) is 32.8 Å². The van der Waals surface area contributed by atoms with Crippen molar-refractivity contribution in [3.63, 3.8) is 0 Å². The second-order valence-corrected chi connectivity index (χ2v) is 9.05. The third kappa shape index (κ3) is 5.11. The zero-order valence-electron chi connectivity index (χ0n) is 16.3. The molecule has 1 heterocycles. The second-order valence-electron chi connectivity index (χ2n) is 7.08. The van der Waals surface area contributed by atoms with Crippen LogP contribution in [0.3, 0.4) is 0 Å². The molecule has 0 radical (unpaired) electrons. The Bertz CT molecular complexity index is 921. The lowest BCUT2D eigenvalue weighted by atomic mass is 10.1. The Morgan fingerprint density at radius 1 is 1.00 bits per heavy atom. The Kier molecular flexibility index (Phi) is 6.36. The van der Waals surface area contributed by atoms with E-state index in [2.05, 4.69) is 0 Å². The van der Waals surface area contributed by atoms with E-state index in [1.165, 1.54) is 4.31 Å². The van der Waals surface area contributed by atoms with E-state index in [-0.39, 0.29) is 18.3 Å². The summed E-state index contributed by atoms with van der Waals surface area (Å²) < 4.78 is 32.4. The molecule has 0 bridgehead atoms. The Morgan fingerprint density at radius 3 is 2.36 bits per heavy atom. The van der Waals surface area contributed by atoms with Crippen LogP contribution < -0.4 is 4.74 Å². The van der Waals surface area contributed by atoms with E-state index in [0.29, 0.717) is 31.9 Å². The van der Waals surface area contributed by atoms with Gasteiger partial charge in [0.2, 0.25) is 10.0 Å². The summed E-state index contributed by atoms with van der Waals surface area (Å²) in [6, 6.07) is 15.0. The normalized spacial score (nSPS) is 15.4. The standard InChI is InChI=1S/C21H26N2O4S/c1-17-8-9-18(2)20(14-17)27-15-21(24)22-10-12-23(13-11-22)28(25,26)16-19-6-4-3-5-7-19/h3-9,14H,10-13,15-16H2,1-2H3. The average Bonchev–Trinajstić information content (AvgIpc) is 2.69. The van der Waals surface area contributed by atoms with Crippen molar-refractivity contribution in [2.45, 2.75) is 19.6 Å². The Balaban J connectivity index is 1.51. The molecule has 0 saturated carbocycles. The van der Waals surface area contributed by atoms with Gasteiger partial charge >= 0.3 is 0 Å². The summed E-state index contributed by atoms with van der Waals surface area (Å²) in [6.45, 7) is 5.25. The van der Waals surface area contributed by atoms with Crippen LogP contribution in [-0.2, 0) is 20.6 Å². The fourth-order valence-corrected chi connectivity index (χ4v) is 4.70. The van der Waals surface area contributed by atoms with Crippen LogP contribution in [-0.4, -0.2) is 56.3 Å². The monoisotopic (exact) mass is 402 g/mol. The zero-order valence-corrected chi connectivity index (χ0v) is 17.1. The number of ether oxygens (including phenoxy) is 1. The van der Waals surface area contributed by atoms with E-state index >= 15 is 0 Å². The lowest BCUT2D eigenvalue weighted by molar-refractivity contribution is -0.134. The van der Waals surface area contributed by atoms with Crippen LogP contribution in [0, 0.1) is 13.8 Å². The van der Waals surface area contributed by atoms with E-state index in [1.807, 2.05) is 62.4 Å². The highest BCUT2D eigenvalue weighted by Gasteiger charge is 2.29. The number of carbonyl (C=O) groups excluding carboxylic acids is 1. The zero-order chi connectivity index (χ0) is 20.1. The number of piperazine rings is 1. The number of benzene rings is 2. The number of carbonyl (C=O) groups is 1. The Labute approximate surface area is 166 Å². The summed E-state index contributed by atoms with van der Waals surface area (Å²) in [7, 11) is -3.39. The first kappa shape index (κ1) is 20.4. The molecule has 0 aliphatic carbocycles. The molecule has 28 heavy (non-hydrogen) atoms. The molecule has 0 unspecified atom stereocenters. The predicted octanol–water partition coefficient (Wildman–Crippen LogP) is 2.36. The maximum absolute atomic E-state index is 12.6. The summed E-state index contributed by atoms with van der Waals surface area (Å²) in [5.41, 5.74) is 2.82. The molecular formula is C21H26N2O4S. The van der Waals surface area contributed by atoms with Gasteiger partial charge in [0, 0.05) is 26.2 Å². The van der Waals surface area contributed by atoms with E-state index in [4.69, 9.17) is 4.74 Å². The smallest absolute Gasteiger partial charge is 0.260 e. The summed E-state index contributed by atoms with van der Waals surface area (Å²) in [6.07, 6.45) is 0. The largest absolute Gasteiger partial charge is 0.483 e. The number of amides is 1. The van der Waals surface area contributed by atoms with Crippen molar-refractivity contribution in [3.8, 4) is 5.75 Å². The molecule has 150 valence electrons. The van der Waals surface area contributed by atoms with Crippen LogP contribution in [0.25, 0.3) is 0 Å². The number of rotatable bonds is 6. The van der Waals surface area contributed by atoms with E-state index < -0.39 is 10.0 Å². The van der Waals surface area contributed by atoms with Gasteiger partial charge in [-0.25, -0.2) is 8.42 Å². The van der Waals surface area contributed by atoms with Crippen molar-refractivity contribution in [2.24, 2.45) is 0 Å². The van der Waals surface area contributed by atoms with E-state index in [9.17, 15) is 13.2 Å². The first-order chi connectivity index (χ1) is 13.3. The van der Waals surface area contributed by atoms with Gasteiger partial charge in [0.05, 0.1) is 5.75 Å². The minimum Gasteiger partial charge on any atom is -0.483 e. The molecule has 1 aliphatic heterocycles. The molecule has 3 rings (SSSR count). The molecule has 0 atom stereocenters. The molecule has 2 aromatic rings. The third-order valence-electron chi connectivity index (χ3n) is 4.87. The molecule has 2 aromatic carbocycles. The molecule has 0 spiro atoms. The van der Waals surface area contributed by atoms with Crippen molar-refractivity contribution < 1.29 is 17.9 Å². The van der Waals surface area contributed by atoms with Crippen molar-refractivity contribution in [1.82, 2.24) is 9.21 Å². The number of aryl methyl sites for hydroxylation is 2. The van der Waals surface area contributed by atoms with Crippen LogP contribution in [0.1, 0.15) is 16.7 Å². The van der Waals surface area contributed by atoms with Crippen LogP contribution in [0.2, 0.25) is 0 Å². The molecule has 7 heteroatoms. The van der Waals surface area contributed by atoms with Gasteiger partial charge in [0.25, 0.3) is 5.91 Å². The highest BCUT2D eigenvalue weighted by Crippen LogP contribution is 2.19. The van der Waals surface area contributed by atoms with Crippen molar-refractivity contribution >= 4 is 15.9 Å². The van der Waals surface area contributed by atoms with Gasteiger partial charge in [-0.15, -0.1) is 0 Å². The van der Waals surface area contributed by atoms with Gasteiger partial charge in [0.1, 0.15) is 5.75 Å². The summed E-state index contributed by atoms with van der Waals surface area (Å²) in [5, 5.41) is 0. The van der Waals surface area contributed by atoms with Crippen LogP contribution in [0.4, 0.5) is 0 Å². The van der Waals surface area contributed by atoms with Gasteiger partial charge < -0.3 is 9.64 Å². The number of hydrogen-bond acceptors (Lipinski definition) is 4. The van der Waals surface area contributed by atoms with E-state index in [0.717, 1.165) is 16.7 Å². The Hall–Kier alpha value is -2.38. The maximum Gasteiger partial charge on any atom is 0.260 e. The average molecular weight is 403 g/mol. The highest BCUT2D eigenvalue weighted by molar-refractivity contribution is 7.88. The van der Waals surface area contributed by atoms with Crippen molar-refractivity contribution in [3.05, 3.63) is 65.2 Å². The topological polar surface area (TPSA) is 66.9 Å². The van der Waals surface area contributed by atoms with Gasteiger partial charge in [0.15, 0.2) is 6.61 Å². The quantitative estimate of drug-likeness (QED) is 0.744. The number of nitrogens with zero attached hydrogens (tertiary/aromatic N) is 2. The maximum atomic E-state index is 12.6. The molecule has 0 aromatic heterocycles. The number of hydrogen-bond donors (Lipinski definition) is 0. The SMILES string of the molecule is Cc1ccc(C)c(OCC(=O)N2CCN(S(=O)(=O)Cc3ccccc3)CC2)c1. The summed E-state index contributed by atoms with van der Waals surface area (Å²) in [5.74, 6) is 0.566. The van der Waals surface area contributed by atoms with Gasteiger partial charge in [-0.1, -0.05) is 42.5 Å². The third-order valence-corrected chi connectivity index (χ3v) is 6.72. The fourth-order valence-electron chi connectivity index (χ4n) is 3.19. The minimum absolute atomic E-state index is 0.0163. The van der Waals surface area contributed by atoms with Crippen LogP contribution in [0.5, 0.6) is 5.75 Å².